The smallest absolute Gasteiger partial charge is 0.122 e. The molecule has 0 aliphatic carbocycles. The molecule has 3 rings (SSSR count). The van der Waals surface area contributed by atoms with Crippen LogP contribution in [0.2, 0.25) is 0 Å². The summed E-state index contributed by atoms with van der Waals surface area (Å²) in [5.41, 5.74) is 3.19. The summed E-state index contributed by atoms with van der Waals surface area (Å²) in [7, 11) is 1.65. The summed E-state index contributed by atoms with van der Waals surface area (Å²) in [5.74, 6) is 1.76. The molecule has 0 bridgehead atoms. The molecule has 1 aliphatic rings. The van der Waals surface area contributed by atoms with Crippen molar-refractivity contribution in [3.8, 4) is 11.5 Å². The zero-order valence-corrected chi connectivity index (χ0v) is 11.5. The average Bonchev–Trinajstić information content (AvgIpc) is 2.94. The lowest BCUT2D eigenvalue weighted by Gasteiger charge is -2.13. The Morgan fingerprint density at radius 1 is 1.25 bits per heavy atom. The maximum absolute atomic E-state index is 10.4. The van der Waals surface area contributed by atoms with Crippen molar-refractivity contribution in [1.82, 2.24) is 0 Å². The van der Waals surface area contributed by atoms with Gasteiger partial charge in [0.15, 0.2) is 0 Å². The molecule has 3 heteroatoms. The molecule has 20 heavy (non-hydrogen) atoms. The summed E-state index contributed by atoms with van der Waals surface area (Å²) in [5, 5.41) is 10.4. The molecular weight excluding hydrogens is 252 g/mol. The summed E-state index contributed by atoms with van der Waals surface area (Å²) in [6.45, 7) is 0.741. The fraction of sp³-hybridized carbons (Fsp3) is 0.294. The first-order chi connectivity index (χ1) is 9.76. The van der Waals surface area contributed by atoms with Gasteiger partial charge in [-0.2, -0.15) is 0 Å². The first-order valence-corrected chi connectivity index (χ1v) is 6.83. The topological polar surface area (TPSA) is 38.7 Å². The minimum Gasteiger partial charge on any atom is -0.497 e. The minimum atomic E-state index is -0.506. The van der Waals surface area contributed by atoms with E-state index in [1.807, 2.05) is 42.5 Å². The van der Waals surface area contributed by atoms with E-state index >= 15 is 0 Å². The SMILES string of the molecule is COc1cccc(CC(O)c2ccc3c(c2)CCO3)c1. The van der Waals surface area contributed by atoms with Crippen LogP contribution in [0.4, 0.5) is 0 Å². The quantitative estimate of drug-likeness (QED) is 0.928. The maximum atomic E-state index is 10.4. The van der Waals surface area contributed by atoms with Crippen LogP contribution in [0.15, 0.2) is 42.5 Å². The van der Waals surface area contributed by atoms with Crippen LogP contribution >= 0.6 is 0 Å². The Labute approximate surface area is 118 Å². The van der Waals surface area contributed by atoms with Crippen molar-refractivity contribution in [2.45, 2.75) is 18.9 Å². The molecule has 1 aliphatic heterocycles. The van der Waals surface area contributed by atoms with E-state index in [0.29, 0.717) is 6.42 Å². The van der Waals surface area contributed by atoms with Gasteiger partial charge in [0.05, 0.1) is 19.8 Å². The van der Waals surface area contributed by atoms with E-state index in [0.717, 1.165) is 35.7 Å². The Hall–Kier alpha value is -2.00. The molecule has 0 saturated heterocycles. The van der Waals surface area contributed by atoms with Gasteiger partial charge in [0.1, 0.15) is 11.5 Å². The molecule has 1 N–H and O–H groups in total. The summed E-state index contributed by atoms with van der Waals surface area (Å²) >= 11 is 0. The van der Waals surface area contributed by atoms with Crippen molar-refractivity contribution in [1.29, 1.82) is 0 Å². The van der Waals surface area contributed by atoms with Gasteiger partial charge in [0.2, 0.25) is 0 Å². The minimum absolute atomic E-state index is 0.506. The number of hydrogen-bond acceptors (Lipinski definition) is 3. The van der Waals surface area contributed by atoms with Crippen LogP contribution in [-0.4, -0.2) is 18.8 Å². The molecule has 0 fully saturated rings. The Balaban J connectivity index is 1.77. The molecule has 1 unspecified atom stereocenters. The van der Waals surface area contributed by atoms with Crippen LogP contribution in [-0.2, 0) is 12.8 Å². The van der Waals surface area contributed by atoms with Crippen molar-refractivity contribution < 1.29 is 14.6 Å². The molecular formula is C17H18O3. The van der Waals surface area contributed by atoms with Gasteiger partial charge in [-0.05, 0) is 41.0 Å². The Bertz CT molecular complexity index is 607. The summed E-state index contributed by atoms with van der Waals surface area (Å²) in [6, 6.07) is 13.7. The van der Waals surface area contributed by atoms with Crippen LogP contribution in [0.3, 0.4) is 0 Å². The van der Waals surface area contributed by atoms with Crippen molar-refractivity contribution in [2.75, 3.05) is 13.7 Å². The fourth-order valence-electron chi connectivity index (χ4n) is 2.55. The number of rotatable bonds is 4. The Morgan fingerprint density at radius 3 is 3.00 bits per heavy atom. The number of aliphatic hydroxyl groups is 1. The Kier molecular flexibility index (Phi) is 3.61. The largest absolute Gasteiger partial charge is 0.497 e. The summed E-state index contributed by atoms with van der Waals surface area (Å²) in [4.78, 5) is 0. The van der Waals surface area contributed by atoms with Crippen molar-refractivity contribution >= 4 is 0 Å². The predicted molar refractivity (Wildman–Crippen MR) is 77.3 cm³/mol. The summed E-state index contributed by atoms with van der Waals surface area (Å²) < 4.78 is 10.7. The third kappa shape index (κ3) is 2.63. The second-order valence-electron chi connectivity index (χ2n) is 5.04. The highest BCUT2D eigenvalue weighted by molar-refractivity contribution is 5.41. The van der Waals surface area contributed by atoms with Crippen molar-refractivity contribution in [3.05, 3.63) is 59.2 Å². The molecule has 0 aromatic heterocycles. The lowest BCUT2D eigenvalue weighted by atomic mass is 9.99. The van der Waals surface area contributed by atoms with E-state index in [2.05, 4.69) is 0 Å². The van der Waals surface area contributed by atoms with Crippen LogP contribution in [0, 0.1) is 0 Å². The molecule has 0 spiro atoms. The third-order valence-electron chi connectivity index (χ3n) is 3.66. The second kappa shape index (κ2) is 5.55. The normalized spacial score (nSPS) is 14.5. The lowest BCUT2D eigenvalue weighted by molar-refractivity contribution is 0.178. The standard InChI is InChI=1S/C17H18O3/c1-19-15-4-2-3-12(9-15)10-16(18)13-5-6-17-14(11-13)7-8-20-17/h2-6,9,11,16,18H,7-8,10H2,1H3. The molecule has 2 aromatic rings. The highest BCUT2D eigenvalue weighted by Crippen LogP contribution is 2.29. The molecule has 0 amide bonds. The fourth-order valence-corrected chi connectivity index (χ4v) is 2.55. The highest BCUT2D eigenvalue weighted by Gasteiger charge is 2.15. The highest BCUT2D eigenvalue weighted by atomic mass is 16.5. The van der Waals surface area contributed by atoms with Gasteiger partial charge in [-0.3, -0.25) is 0 Å². The number of methoxy groups -OCH3 is 1. The van der Waals surface area contributed by atoms with Gasteiger partial charge in [0.25, 0.3) is 0 Å². The van der Waals surface area contributed by atoms with E-state index in [9.17, 15) is 5.11 Å². The van der Waals surface area contributed by atoms with Gasteiger partial charge in [0, 0.05) is 12.8 Å². The number of fused-ring (bicyclic) bond motifs is 1. The van der Waals surface area contributed by atoms with Crippen LogP contribution in [0.1, 0.15) is 22.8 Å². The van der Waals surface area contributed by atoms with Crippen LogP contribution < -0.4 is 9.47 Å². The van der Waals surface area contributed by atoms with E-state index in [1.165, 1.54) is 5.56 Å². The monoisotopic (exact) mass is 270 g/mol. The van der Waals surface area contributed by atoms with Gasteiger partial charge >= 0.3 is 0 Å². The van der Waals surface area contributed by atoms with Crippen molar-refractivity contribution in [2.24, 2.45) is 0 Å². The van der Waals surface area contributed by atoms with Gasteiger partial charge < -0.3 is 14.6 Å². The van der Waals surface area contributed by atoms with Crippen LogP contribution in [0.25, 0.3) is 0 Å². The first-order valence-electron chi connectivity index (χ1n) is 6.83. The number of aliphatic hydroxyl groups excluding tert-OH is 1. The van der Waals surface area contributed by atoms with Gasteiger partial charge in [-0.15, -0.1) is 0 Å². The number of benzene rings is 2. The molecule has 2 aromatic carbocycles. The summed E-state index contributed by atoms with van der Waals surface area (Å²) in [6.07, 6.45) is 0.999. The Morgan fingerprint density at radius 2 is 2.15 bits per heavy atom. The number of ether oxygens (including phenoxy) is 2. The van der Waals surface area contributed by atoms with Gasteiger partial charge in [-0.25, -0.2) is 0 Å². The van der Waals surface area contributed by atoms with E-state index < -0.39 is 6.10 Å². The third-order valence-corrected chi connectivity index (χ3v) is 3.66. The predicted octanol–water partition coefficient (Wildman–Crippen LogP) is 2.91. The zero-order chi connectivity index (χ0) is 13.9. The van der Waals surface area contributed by atoms with E-state index in [-0.39, 0.29) is 0 Å². The molecule has 3 nitrogen and oxygen atoms in total. The molecule has 0 radical (unpaired) electrons. The molecule has 1 atom stereocenters. The molecule has 104 valence electrons. The maximum Gasteiger partial charge on any atom is 0.122 e. The lowest BCUT2D eigenvalue weighted by Crippen LogP contribution is -2.02. The van der Waals surface area contributed by atoms with Gasteiger partial charge in [-0.1, -0.05) is 18.2 Å². The van der Waals surface area contributed by atoms with E-state index in [1.54, 1.807) is 7.11 Å². The second-order valence-corrected chi connectivity index (χ2v) is 5.04. The average molecular weight is 270 g/mol. The van der Waals surface area contributed by atoms with Crippen LogP contribution in [0.5, 0.6) is 11.5 Å². The van der Waals surface area contributed by atoms with Crippen molar-refractivity contribution in [3.63, 3.8) is 0 Å². The zero-order valence-electron chi connectivity index (χ0n) is 11.5. The number of hydrogen-bond donors (Lipinski definition) is 1. The molecule has 0 saturated carbocycles. The van der Waals surface area contributed by atoms with E-state index in [4.69, 9.17) is 9.47 Å². The first kappa shape index (κ1) is 13.0. The molecule has 1 heterocycles.